The lowest BCUT2D eigenvalue weighted by molar-refractivity contribution is 0.0526. The number of carbonyl (C=O) groups is 1. The molecule has 3 rings (SSSR count). The summed E-state index contributed by atoms with van der Waals surface area (Å²) in [6.07, 6.45) is 0. The smallest absolute Gasteiger partial charge is 0.338 e. The van der Waals surface area contributed by atoms with Gasteiger partial charge >= 0.3 is 5.97 Å². The highest BCUT2D eigenvalue weighted by atomic mass is 79.9. The molecular weight excluding hydrogens is 372 g/mol. The lowest BCUT2D eigenvalue weighted by atomic mass is 10.2. The lowest BCUT2D eigenvalue weighted by Gasteiger charge is -2.12. The number of aryl methyl sites for hydroxylation is 1. The van der Waals surface area contributed by atoms with Crippen LogP contribution in [0.1, 0.15) is 23.1 Å². The van der Waals surface area contributed by atoms with E-state index in [1.165, 1.54) is 4.57 Å². The third-order valence-electron chi connectivity index (χ3n) is 3.61. The second-order valence-electron chi connectivity index (χ2n) is 5.23. The quantitative estimate of drug-likeness (QED) is 0.644. The number of fused-ring (bicyclic) bond motifs is 1. The number of hydrogen-bond donors (Lipinski definition) is 0. The maximum absolute atomic E-state index is 12.9. The predicted octanol–water partition coefficient (Wildman–Crippen LogP) is 3.63. The molecule has 0 unspecified atom stereocenters. The first-order valence-corrected chi connectivity index (χ1v) is 8.27. The summed E-state index contributed by atoms with van der Waals surface area (Å²) >= 11 is 3.38. The van der Waals surface area contributed by atoms with Gasteiger partial charge in [-0.25, -0.2) is 9.78 Å². The summed E-state index contributed by atoms with van der Waals surface area (Å²) in [5.41, 5.74) is 1.44. The molecule has 3 aromatic rings. The summed E-state index contributed by atoms with van der Waals surface area (Å²) in [6.45, 7) is 3.81. The molecule has 1 aromatic heterocycles. The molecule has 122 valence electrons. The van der Waals surface area contributed by atoms with Crippen molar-refractivity contribution in [2.75, 3.05) is 6.61 Å². The van der Waals surface area contributed by atoms with E-state index < -0.39 is 5.97 Å². The summed E-state index contributed by atoms with van der Waals surface area (Å²) in [5.74, 6) is 0.136. The minimum Gasteiger partial charge on any atom is -0.462 e. The molecule has 0 bridgehead atoms. The normalized spacial score (nSPS) is 10.8. The summed E-state index contributed by atoms with van der Waals surface area (Å²) in [7, 11) is 0. The standard InChI is InChI=1S/C18H15BrN2O3/c1-3-24-18(23)12-5-4-6-14(9-12)21-11(2)20-16-8-7-13(19)10-15(16)17(21)22/h4-10H,3H2,1-2H3. The van der Waals surface area contributed by atoms with Crippen LogP contribution in [0.2, 0.25) is 0 Å². The van der Waals surface area contributed by atoms with Crippen LogP contribution in [0.3, 0.4) is 0 Å². The molecule has 0 radical (unpaired) electrons. The fraction of sp³-hybridized carbons (Fsp3) is 0.167. The average molecular weight is 387 g/mol. The zero-order valence-electron chi connectivity index (χ0n) is 13.2. The van der Waals surface area contributed by atoms with Crippen LogP contribution in [-0.2, 0) is 4.74 Å². The number of nitrogens with zero attached hydrogens (tertiary/aromatic N) is 2. The molecule has 5 nitrogen and oxygen atoms in total. The molecular formula is C18H15BrN2O3. The zero-order valence-corrected chi connectivity index (χ0v) is 14.8. The molecule has 2 aromatic carbocycles. The molecule has 0 fully saturated rings. The summed E-state index contributed by atoms with van der Waals surface area (Å²) in [5, 5.41) is 0.511. The Bertz CT molecular complexity index is 995. The van der Waals surface area contributed by atoms with Gasteiger partial charge in [-0.2, -0.15) is 0 Å². The van der Waals surface area contributed by atoms with Gasteiger partial charge in [0.05, 0.1) is 28.8 Å². The fourth-order valence-corrected chi connectivity index (χ4v) is 2.92. The number of benzene rings is 2. The van der Waals surface area contributed by atoms with Gasteiger partial charge in [0.25, 0.3) is 5.56 Å². The SMILES string of the molecule is CCOC(=O)c1cccc(-n2c(C)nc3ccc(Br)cc3c2=O)c1. The number of halogens is 1. The topological polar surface area (TPSA) is 61.2 Å². The summed E-state index contributed by atoms with van der Waals surface area (Å²) < 4.78 is 7.32. The van der Waals surface area contributed by atoms with E-state index in [0.29, 0.717) is 34.6 Å². The molecule has 1 heterocycles. The highest BCUT2D eigenvalue weighted by molar-refractivity contribution is 9.10. The Balaban J connectivity index is 2.21. The van der Waals surface area contributed by atoms with Crippen molar-refractivity contribution in [2.24, 2.45) is 0 Å². The largest absolute Gasteiger partial charge is 0.462 e. The van der Waals surface area contributed by atoms with Crippen molar-refractivity contribution in [3.05, 3.63) is 68.7 Å². The van der Waals surface area contributed by atoms with Crippen molar-refractivity contribution in [2.45, 2.75) is 13.8 Å². The number of hydrogen-bond acceptors (Lipinski definition) is 4. The van der Waals surface area contributed by atoms with Gasteiger partial charge in [-0.3, -0.25) is 9.36 Å². The second-order valence-corrected chi connectivity index (χ2v) is 6.15. The van der Waals surface area contributed by atoms with Gasteiger partial charge in [0.2, 0.25) is 0 Å². The number of rotatable bonds is 3. The van der Waals surface area contributed by atoms with Crippen molar-refractivity contribution in [3.8, 4) is 5.69 Å². The van der Waals surface area contributed by atoms with E-state index in [0.717, 1.165) is 4.47 Å². The molecule has 0 aliphatic heterocycles. The minimum atomic E-state index is -0.415. The average Bonchev–Trinajstić information content (AvgIpc) is 2.56. The van der Waals surface area contributed by atoms with Gasteiger partial charge in [0.15, 0.2) is 0 Å². The second kappa shape index (κ2) is 6.57. The first-order chi connectivity index (χ1) is 11.5. The Labute approximate surface area is 147 Å². The van der Waals surface area contributed by atoms with Crippen LogP contribution in [0.4, 0.5) is 0 Å². The van der Waals surface area contributed by atoms with Gasteiger partial charge in [-0.15, -0.1) is 0 Å². The molecule has 0 atom stereocenters. The van der Waals surface area contributed by atoms with Crippen LogP contribution in [0, 0.1) is 6.92 Å². The van der Waals surface area contributed by atoms with Crippen LogP contribution in [0.25, 0.3) is 16.6 Å². The van der Waals surface area contributed by atoms with Crippen molar-refractivity contribution in [1.29, 1.82) is 0 Å². The Kier molecular flexibility index (Phi) is 4.49. The maximum Gasteiger partial charge on any atom is 0.338 e. The van der Waals surface area contributed by atoms with Gasteiger partial charge in [0, 0.05) is 4.47 Å². The molecule has 0 saturated carbocycles. The van der Waals surface area contributed by atoms with Crippen LogP contribution >= 0.6 is 15.9 Å². The molecule has 0 N–H and O–H groups in total. The maximum atomic E-state index is 12.9. The lowest BCUT2D eigenvalue weighted by Crippen LogP contribution is -2.22. The van der Waals surface area contributed by atoms with Crippen LogP contribution in [-0.4, -0.2) is 22.1 Å². The van der Waals surface area contributed by atoms with Crippen molar-refractivity contribution in [1.82, 2.24) is 9.55 Å². The van der Waals surface area contributed by atoms with Crippen LogP contribution in [0.5, 0.6) is 0 Å². The Morgan fingerprint density at radius 1 is 1.25 bits per heavy atom. The number of ether oxygens (including phenoxy) is 1. The van der Waals surface area contributed by atoms with Crippen molar-refractivity contribution >= 4 is 32.8 Å². The van der Waals surface area contributed by atoms with Gasteiger partial charge in [-0.05, 0) is 50.2 Å². The molecule has 6 heteroatoms. The third-order valence-corrected chi connectivity index (χ3v) is 4.11. The predicted molar refractivity (Wildman–Crippen MR) is 95.7 cm³/mol. The van der Waals surface area contributed by atoms with E-state index in [2.05, 4.69) is 20.9 Å². The van der Waals surface area contributed by atoms with E-state index in [-0.39, 0.29) is 5.56 Å². The zero-order chi connectivity index (χ0) is 17.3. The number of esters is 1. The van der Waals surface area contributed by atoms with E-state index in [9.17, 15) is 9.59 Å². The number of aromatic nitrogens is 2. The molecule has 0 amide bonds. The number of carbonyl (C=O) groups excluding carboxylic acids is 1. The molecule has 0 aliphatic carbocycles. The van der Waals surface area contributed by atoms with E-state index in [4.69, 9.17) is 4.74 Å². The highest BCUT2D eigenvalue weighted by Crippen LogP contribution is 2.18. The summed E-state index contributed by atoms with van der Waals surface area (Å²) in [4.78, 5) is 29.3. The first-order valence-electron chi connectivity index (χ1n) is 7.47. The van der Waals surface area contributed by atoms with E-state index >= 15 is 0 Å². The Morgan fingerprint density at radius 3 is 2.79 bits per heavy atom. The molecule has 0 saturated heterocycles. The minimum absolute atomic E-state index is 0.181. The molecule has 24 heavy (non-hydrogen) atoms. The van der Waals surface area contributed by atoms with Crippen molar-refractivity contribution in [3.63, 3.8) is 0 Å². The Morgan fingerprint density at radius 2 is 2.04 bits per heavy atom. The third kappa shape index (κ3) is 2.97. The van der Waals surface area contributed by atoms with Gasteiger partial charge in [-0.1, -0.05) is 22.0 Å². The van der Waals surface area contributed by atoms with Crippen LogP contribution in [0.15, 0.2) is 51.7 Å². The van der Waals surface area contributed by atoms with Gasteiger partial charge < -0.3 is 4.74 Å². The van der Waals surface area contributed by atoms with Gasteiger partial charge in [0.1, 0.15) is 5.82 Å². The summed E-state index contributed by atoms with van der Waals surface area (Å²) in [6, 6.07) is 12.2. The first kappa shape index (κ1) is 16.4. The van der Waals surface area contributed by atoms with Crippen LogP contribution < -0.4 is 5.56 Å². The highest BCUT2D eigenvalue weighted by Gasteiger charge is 2.13. The molecule has 0 aliphatic rings. The van der Waals surface area contributed by atoms with E-state index in [1.807, 2.05) is 6.07 Å². The monoisotopic (exact) mass is 386 g/mol. The Hall–Kier alpha value is -2.47. The molecule has 0 spiro atoms. The van der Waals surface area contributed by atoms with E-state index in [1.54, 1.807) is 50.2 Å². The van der Waals surface area contributed by atoms with Crippen molar-refractivity contribution < 1.29 is 9.53 Å². The fourth-order valence-electron chi connectivity index (χ4n) is 2.56.